The Balaban J connectivity index is 2.13. The van der Waals surface area contributed by atoms with Crippen molar-refractivity contribution in [1.29, 1.82) is 0 Å². The van der Waals surface area contributed by atoms with Gasteiger partial charge in [-0.3, -0.25) is 4.79 Å². The number of benzene rings is 2. The standard InChI is InChI=1S/C20H26N2O/c1-12-10-14(3)19(15(4)11-12)22-20(23)17(6)21-18-9-7-8-13(2)16(18)5/h7-11,17,21H,1-6H3,(H,22,23)/t17-/m1/s1. The van der Waals surface area contributed by atoms with Gasteiger partial charge in [-0.25, -0.2) is 0 Å². The van der Waals surface area contributed by atoms with Crippen LogP contribution in [0.2, 0.25) is 0 Å². The van der Waals surface area contributed by atoms with E-state index in [0.717, 1.165) is 22.5 Å². The van der Waals surface area contributed by atoms with Gasteiger partial charge in [0.1, 0.15) is 6.04 Å². The number of amides is 1. The van der Waals surface area contributed by atoms with Crippen LogP contribution in [0.1, 0.15) is 34.7 Å². The van der Waals surface area contributed by atoms with Gasteiger partial charge in [0.2, 0.25) is 5.91 Å². The Bertz CT molecular complexity index is 711. The Morgan fingerprint density at radius 3 is 2.17 bits per heavy atom. The molecule has 0 unspecified atom stereocenters. The molecule has 0 fully saturated rings. The van der Waals surface area contributed by atoms with Crippen LogP contribution in [0.4, 0.5) is 11.4 Å². The van der Waals surface area contributed by atoms with Gasteiger partial charge in [0.25, 0.3) is 0 Å². The van der Waals surface area contributed by atoms with Crippen molar-refractivity contribution < 1.29 is 4.79 Å². The van der Waals surface area contributed by atoms with Crippen molar-refractivity contribution in [3.8, 4) is 0 Å². The van der Waals surface area contributed by atoms with Gasteiger partial charge in [-0.2, -0.15) is 0 Å². The van der Waals surface area contributed by atoms with Crippen LogP contribution >= 0.6 is 0 Å². The average Bonchev–Trinajstić information content (AvgIpc) is 2.47. The lowest BCUT2D eigenvalue weighted by atomic mass is 10.0. The van der Waals surface area contributed by atoms with Crippen molar-refractivity contribution in [1.82, 2.24) is 0 Å². The van der Waals surface area contributed by atoms with Crippen LogP contribution in [0.15, 0.2) is 30.3 Å². The van der Waals surface area contributed by atoms with Crippen LogP contribution in [0.5, 0.6) is 0 Å². The van der Waals surface area contributed by atoms with E-state index in [4.69, 9.17) is 0 Å². The molecule has 1 amide bonds. The quantitative estimate of drug-likeness (QED) is 0.861. The lowest BCUT2D eigenvalue weighted by molar-refractivity contribution is -0.116. The SMILES string of the molecule is Cc1cc(C)c(NC(=O)[C@@H](C)Nc2cccc(C)c2C)c(C)c1. The minimum Gasteiger partial charge on any atom is -0.374 e. The Labute approximate surface area is 139 Å². The minimum absolute atomic E-state index is 0.0269. The van der Waals surface area contributed by atoms with E-state index in [1.165, 1.54) is 16.7 Å². The summed E-state index contributed by atoms with van der Waals surface area (Å²) in [7, 11) is 0. The molecule has 0 spiro atoms. The molecule has 0 aliphatic heterocycles. The summed E-state index contributed by atoms with van der Waals surface area (Å²) in [6, 6.07) is 9.95. The van der Waals surface area contributed by atoms with E-state index in [1.54, 1.807) is 0 Å². The fraction of sp³-hybridized carbons (Fsp3) is 0.350. The second kappa shape index (κ2) is 6.86. The van der Waals surface area contributed by atoms with Gasteiger partial charge in [-0.05, 0) is 69.9 Å². The zero-order valence-electron chi connectivity index (χ0n) is 14.9. The first-order valence-corrected chi connectivity index (χ1v) is 8.01. The van der Waals surface area contributed by atoms with Gasteiger partial charge in [-0.15, -0.1) is 0 Å². The molecule has 0 aliphatic rings. The largest absolute Gasteiger partial charge is 0.374 e. The Morgan fingerprint density at radius 2 is 1.57 bits per heavy atom. The zero-order valence-corrected chi connectivity index (χ0v) is 14.9. The monoisotopic (exact) mass is 310 g/mol. The Kier molecular flexibility index (Phi) is 5.09. The van der Waals surface area contributed by atoms with Crippen molar-refractivity contribution in [3.63, 3.8) is 0 Å². The summed E-state index contributed by atoms with van der Waals surface area (Å²) in [6.45, 7) is 12.1. The fourth-order valence-corrected chi connectivity index (χ4v) is 2.81. The predicted molar refractivity (Wildman–Crippen MR) is 98.3 cm³/mol. The number of aryl methyl sites for hydroxylation is 4. The molecule has 2 aromatic rings. The summed E-state index contributed by atoms with van der Waals surface area (Å²) < 4.78 is 0. The third-order valence-electron chi connectivity index (χ3n) is 4.30. The summed E-state index contributed by atoms with van der Waals surface area (Å²) in [5.41, 5.74) is 7.70. The topological polar surface area (TPSA) is 41.1 Å². The third kappa shape index (κ3) is 3.92. The van der Waals surface area contributed by atoms with Crippen molar-refractivity contribution >= 4 is 17.3 Å². The number of carbonyl (C=O) groups excluding carboxylic acids is 1. The first-order valence-electron chi connectivity index (χ1n) is 8.01. The smallest absolute Gasteiger partial charge is 0.246 e. The molecule has 2 N–H and O–H groups in total. The summed E-state index contributed by atoms with van der Waals surface area (Å²) in [5.74, 6) is -0.0269. The van der Waals surface area contributed by atoms with Crippen LogP contribution in [0.3, 0.4) is 0 Å². The van der Waals surface area contributed by atoms with E-state index in [1.807, 2.05) is 32.9 Å². The fourth-order valence-electron chi connectivity index (χ4n) is 2.81. The maximum atomic E-state index is 12.5. The molecular formula is C20H26N2O. The van der Waals surface area contributed by atoms with Crippen molar-refractivity contribution in [2.45, 2.75) is 47.6 Å². The van der Waals surface area contributed by atoms with Gasteiger partial charge in [0, 0.05) is 11.4 Å². The molecule has 2 aromatic carbocycles. The lowest BCUT2D eigenvalue weighted by Crippen LogP contribution is -2.32. The molecule has 0 aromatic heterocycles. The van der Waals surface area contributed by atoms with Crippen molar-refractivity contribution in [3.05, 3.63) is 58.1 Å². The van der Waals surface area contributed by atoms with Gasteiger partial charge < -0.3 is 10.6 Å². The molecule has 122 valence electrons. The molecular weight excluding hydrogens is 284 g/mol. The number of nitrogens with one attached hydrogen (secondary N) is 2. The second-order valence-corrected chi connectivity index (χ2v) is 6.38. The predicted octanol–water partition coefficient (Wildman–Crippen LogP) is 4.67. The van der Waals surface area contributed by atoms with E-state index >= 15 is 0 Å². The number of hydrogen-bond donors (Lipinski definition) is 2. The molecule has 0 saturated carbocycles. The average molecular weight is 310 g/mol. The van der Waals surface area contributed by atoms with Crippen LogP contribution < -0.4 is 10.6 Å². The zero-order chi connectivity index (χ0) is 17.1. The molecule has 0 aliphatic carbocycles. The molecule has 1 atom stereocenters. The van der Waals surface area contributed by atoms with Crippen LogP contribution in [0, 0.1) is 34.6 Å². The van der Waals surface area contributed by atoms with Crippen LogP contribution in [-0.4, -0.2) is 11.9 Å². The maximum Gasteiger partial charge on any atom is 0.246 e. The highest BCUT2D eigenvalue weighted by Crippen LogP contribution is 2.23. The van der Waals surface area contributed by atoms with Gasteiger partial charge >= 0.3 is 0 Å². The van der Waals surface area contributed by atoms with Crippen LogP contribution in [-0.2, 0) is 4.79 Å². The van der Waals surface area contributed by atoms with Crippen LogP contribution in [0.25, 0.3) is 0 Å². The Morgan fingerprint density at radius 1 is 0.957 bits per heavy atom. The second-order valence-electron chi connectivity index (χ2n) is 6.38. The molecule has 0 saturated heterocycles. The van der Waals surface area contributed by atoms with Gasteiger partial charge in [-0.1, -0.05) is 29.8 Å². The first kappa shape index (κ1) is 17.1. The van der Waals surface area contributed by atoms with E-state index in [9.17, 15) is 4.79 Å². The number of hydrogen-bond acceptors (Lipinski definition) is 2. The highest BCUT2D eigenvalue weighted by molar-refractivity contribution is 5.97. The summed E-state index contributed by atoms with van der Waals surface area (Å²) >= 11 is 0. The van der Waals surface area contributed by atoms with E-state index in [0.29, 0.717) is 0 Å². The highest BCUT2D eigenvalue weighted by Gasteiger charge is 2.16. The summed E-state index contributed by atoms with van der Waals surface area (Å²) in [4.78, 5) is 12.5. The normalized spacial score (nSPS) is 11.9. The minimum atomic E-state index is -0.310. The van der Waals surface area contributed by atoms with E-state index in [2.05, 4.69) is 49.6 Å². The molecule has 3 nitrogen and oxygen atoms in total. The lowest BCUT2D eigenvalue weighted by Gasteiger charge is -2.19. The molecule has 23 heavy (non-hydrogen) atoms. The highest BCUT2D eigenvalue weighted by atomic mass is 16.2. The molecule has 0 radical (unpaired) electrons. The van der Waals surface area contributed by atoms with Gasteiger partial charge in [0.15, 0.2) is 0 Å². The maximum absolute atomic E-state index is 12.5. The Hall–Kier alpha value is -2.29. The molecule has 2 rings (SSSR count). The number of rotatable bonds is 4. The molecule has 3 heteroatoms. The number of anilines is 2. The van der Waals surface area contributed by atoms with Gasteiger partial charge in [0.05, 0.1) is 0 Å². The number of carbonyl (C=O) groups is 1. The molecule has 0 heterocycles. The third-order valence-corrected chi connectivity index (χ3v) is 4.30. The summed E-state index contributed by atoms with van der Waals surface area (Å²) in [6.07, 6.45) is 0. The van der Waals surface area contributed by atoms with E-state index in [-0.39, 0.29) is 11.9 Å². The van der Waals surface area contributed by atoms with E-state index < -0.39 is 0 Å². The van der Waals surface area contributed by atoms with Crippen molar-refractivity contribution in [2.24, 2.45) is 0 Å². The van der Waals surface area contributed by atoms with Crippen molar-refractivity contribution in [2.75, 3.05) is 10.6 Å². The molecule has 0 bridgehead atoms. The first-order chi connectivity index (χ1) is 10.8. The summed E-state index contributed by atoms with van der Waals surface area (Å²) in [5, 5.41) is 6.37.